The van der Waals surface area contributed by atoms with Gasteiger partial charge in [0.25, 0.3) is 12.3 Å². The Morgan fingerprint density at radius 3 is 2.39 bits per heavy atom. The van der Waals surface area contributed by atoms with Crippen LogP contribution in [0.25, 0.3) is 11.5 Å². The van der Waals surface area contributed by atoms with Crippen LogP contribution < -0.4 is 15.5 Å². The molecule has 8 rings (SSSR count). The van der Waals surface area contributed by atoms with Gasteiger partial charge in [-0.25, -0.2) is 22.5 Å². The molecule has 0 radical (unpaired) electrons. The van der Waals surface area contributed by atoms with E-state index in [4.69, 9.17) is 4.42 Å². The van der Waals surface area contributed by atoms with Crippen LogP contribution in [-0.2, 0) is 20.8 Å². The van der Waals surface area contributed by atoms with E-state index in [1.54, 1.807) is 17.2 Å². The number of imide groups is 1. The summed E-state index contributed by atoms with van der Waals surface area (Å²) in [5.74, 6) is -4.75. The number of aromatic nitrogens is 4. The maximum Gasteiger partial charge on any atom is 0.284 e. The summed E-state index contributed by atoms with van der Waals surface area (Å²) in [7, 11) is 0. The number of aryl methyl sites for hydroxylation is 1. The van der Waals surface area contributed by atoms with Crippen LogP contribution in [0.15, 0.2) is 47.3 Å². The molecule has 2 N–H and O–H groups in total. The Hall–Kier alpha value is -5.65. The van der Waals surface area contributed by atoms with Crippen LogP contribution in [0.2, 0.25) is 0 Å². The second-order valence-electron chi connectivity index (χ2n) is 15.7. The monoisotopic (exact) mass is 819 g/mol. The number of nitrogens with zero attached hydrogens (tertiary/aromatic N) is 7. The summed E-state index contributed by atoms with van der Waals surface area (Å²) in [5, 5.41) is 8.89. The lowest BCUT2D eigenvalue weighted by Crippen LogP contribution is -2.53. The Labute approximate surface area is 337 Å². The van der Waals surface area contributed by atoms with Gasteiger partial charge in [0.1, 0.15) is 17.9 Å². The Morgan fingerprint density at radius 2 is 1.69 bits per heavy atom. The second kappa shape index (κ2) is 16.9. The van der Waals surface area contributed by atoms with Gasteiger partial charge in [-0.15, -0.1) is 0 Å². The Balaban J connectivity index is 0.815. The number of nitrogens with one attached hydrogen (secondary N) is 2. The highest BCUT2D eigenvalue weighted by molar-refractivity contribution is 6.03. The van der Waals surface area contributed by atoms with E-state index in [1.807, 2.05) is 17.9 Å². The highest BCUT2D eigenvalue weighted by atomic mass is 19.3. The van der Waals surface area contributed by atoms with Gasteiger partial charge in [-0.3, -0.25) is 39.1 Å². The first-order chi connectivity index (χ1) is 28.4. The molecular weight excluding hydrogens is 775 g/mol. The number of alkyl halides is 2. The first-order valence-electron chi connectivity index (χ1n) is 20.2. The number of piperazine rings is 1. The van der Waals surface area contributed by atoms with E-state index in [9.17, 15) is 28.0 Å². The maximum absolute atomic E-state index is 15.2. The minimum absolute atomic E-state index is 0.00778. The minimum Gasteiger partial charge on any atom is -0.444 e. The summed E-state index contributed by atoms with van der Waals surface area (Å²) in [6, 6.07) is 6.05. The van der Waals surface area contributed by atoms with E-state index >= 15 is 8.78 Å². The lowest BCUT2D eigenvalue weighted by Gasteiger charge is -2.42. The molecule has 312 valence electrons. The zero-order valence-corrected chi connectivity index (χ0v) is 32.5. The van der Waals surface area contributed by atoms with Gasteiger partial charge >= 0.3 is 0 Å². The van der Waals surface area contributed by atoms with Crippen molar-refractivity contribution >= 4 is 35.0 Å². The highest BCUT2D eigenvalue weighted by Gasteiger charge is 2.37. The molecule has 4 fully saturated rings. The molecule has 1 aromatic carbocycles. The first kappa shape index (κ1) is 40.1. The number of rotatable bonds is 10. The number of hydrogen-bond donors (Lipinski definition) is 2. The van der Waals surface area contributed by atoms with E-state index in [1.165, 1.54) is 29.3 Å². The number of piperidine rings is 1. The summed E-state index contributed by atoms with van der Waals surface area (Å²) < 4.78 is 65.7. The van der Waals surface area contributed by atoms with Gasteiger partial charge in [-0.2, -0.15) is 5.10 Å². The molecule has 1 saturated carbocycles. The fourth-order valence-electron chi connectivity index (χ4n) is 8.86. The predicted molar refractivity (Wildman–Crippen MR) is 205 cm³/mol. The van der Waals surface area contributed by atoms with Crippen molar-refractivity contribution in [2.24, 2.45) is 5.92 Å². The molecule has 3 aliphatic heterocycles. The summed E-state index contributed by atoms with van der Waals surface area (Å²) in [6.45, 7) is 5.21. The molecule has 0 spiro atoms. The molecular formula is C41H45F4N9O5. The molecule has 14 nitrogen and oxygen atoms in total. The molecule has 0 unspecified atom stereocenters. The average Bonchev–Trinajstić information content (AvgIpc) is 4.03. The molecule has 4 aromatic rings. The Kier molecular flexibility index (Phi) is 11.5. The van der Waals surface area contributed by atoms with E-state index in [0.717, 1.165) is 18.5 Å². The number of halogens is 4. The van der Waals surface area contributed by atoms with Gasteiger partial charge in [0, 0.05) is 86.6 Å². The number of carbonyl (C=O) groups excluding carboxylic acids is 4. The number of anilines is 2. The van der Waals surface area contributed by atoms with Crippen LogP contribution in [0.5, 0.6) is 0 Å². The van der Waals surface area contributed by atoms with Crippen molar-refractivity contribution in [1.82, 2.24) is 34.9 Å². The molecule has 1 aliphatic carbocycles. The maximum atomic E-state index is 15.2. The van der Waals surface area contributed by atoms with Gasteiger partial charge < -0.3 is 19.5 Å². The third-order valence-electron chi connectivity index (χ3n) is 12.1. The predicted octanol–water partition coefficient (Wildman–Crippen LogP) is 5.64. The number of amides is 4. The summed E-state index contributed by atoms with van der Waals surface area (Å²) in [4.78, 5) is 65.0. The van der Waals surface area contributed by atoms with Gasteiger partial charge in [0.2, 0.25) is 23.6 Å². The largest absolute Gasteiger partial charge is 0.444 e. The zero-order valence-electron chi connectivity index (χ0n) is 32.5. The molecule has 59 heavy (non-hydrogen) atoms. The quantitative estimate of drug-likeness (QED) is 0.152. The normalized spacial score (nSPS) is 22.9. The number of oxazole rings is 1. The lowest BCUT2D eigenvalue weighted by molar-refractivity contribution is -0.137. The van der Waals surface area contributed by atoms with Crippen molar-refractivity contribution in [2.75, 3.05) is 49.5 Å². The standard InChI is InChI=1S/C41H45F4N9O5/c1-2-25-17-23(9-11-46-25)40-48-33(22-59-40)39(57)47-32-21-54(50-36(32)37(44)45)27-5-3-26(4-6-27)51-13-15-52(16-14-51)41(58)24-10-12-53(20-24)28-18-30(42)35(31(43)19-28)29-7-8-34(55)49-38(29)56/h9,11,17-19,21-22,24,26-27,29,37H,2-8,10,12-16,20H2,1H3,(H,47,57)(H,49,55,56)/t24-,26?,27?,29-/m1/s1. The molecule has 6 heterocycles. The SMILES string of the molecule is CCc1cc(-c2nc(C(=O)Nc3cn(C4CCC(N5CCN(C(=O)[C@@H]6CCN(c7cc(F)c([C@H]8CCC(=O)NC8=O)c(F)c7)C6)CC5)CC4)nc3C(F)F)co2)ccn1. The summed E-state index contributed by atoms with van der Waals surface area (Å²) >= 11 is 0. The van der Waals surface area contributed by atoms with Gasteiger partial charge in [-0.1, -0.05) is 6.92 Å². The Morgan fingerprint density at radius 1 is 0.966 bits per heavy atom. The third kappa shape index (κ3) is 8.45. The fraction of sp³-hybridized carbons (Fsp3) is 0.488. The third-order valence-corrected chi connectivity index (χ3v) is 12.1. The molecule has 3 aromatic heterocycles. The Bertz CT molecular complexity index is 2210. The smallest absolute Gasteiger partial charge is 0.284 e. The van der Waals surface area contributed by atoms with Crippen LogP contribution >= 0.6 is 0 Å². The van der Waals surface area contributed by atoms with E-state index < -0.39 is 47.4 Å². The molecule has 4 amide bonds. The van der Waals surface area contributed by atoms with Gasteiger partial charge in [0.05, 0.1) is 23.6 Å². The van der Waals surface area contributed by atoms with Crippen molar-refractivity contribution in [2.45, 2.75) is 82.7 Å². The molecule has 18 heteroatoms. The molecule has 2 atom stereocenters. The summed E-state index contributed by atoms with van der Waals surface area (Å²) in [6.07, 6.45) is 5.68. The number of pyridine rings is 1. The number of hydrogen-bond acceptors (Lipinski definition) is 10. The summed E-state index contributed by atoms with van der Waals surface area (Å²) in [5.41, 5.74) is 0.783. The van der Waals surface area contributed by atoms with Gasteiger partial charge in [-0.05, 0) is 69.2 Å². The van der Waals surface area contributed by atoms with Crippen LogP contribution in [0.1, 0.15) is 97.7 Å². The van der Waals surface area contributed by atoms with E-state index in [2.05, 4.69) is 30.6 Å². The fourth-order valence-corrected chi connectivity index (χ4v) is 8.86. The highest BCUT2D eigenvalue weighted by Crippen LogP contribution is 2.36. The minimum atomic E-state index is -2.91. The molecule has 4 aliphatic rings. The second-order valence-corrected chi connectivity index (χ2v) is 15.7. The van der Waals surface area contributed by atoms with Crippen molar-refractivity contribution in [1.29, 1.82) is 0 Å². The van der Waals surface area contributed by atoms with Gasteiger partial charge in [0.15, 0.2) is 11.4 Å². The van der Waals surface area contributed by atoms with Crippen molar-refractivity contribution in [3.8, 4) is 11.5 Å². The topological polar surface area (TPSA) is 159 Å². The zero-order chi connectivity index (χ0) is 41.4. The molecule has 3 saturated heterocycles. The first-order valence-corrected chi connectivity index (χ1v) is 20.2. The number of carbonyl (C=O) groups is 4. The van der Waals surface area contributed by atoms with Crippen molar-refractivity contribution < 1.29 is 41.2 Å². The van der Waals surface area contributed by atoms with Crippen LogP contribution in [-0.4, -0.2) is 98.5 Å². The van der Waals surface area contributed by atoms with E-state index in [-0.39, 0.29) is 59.6 Å². The lowest BCUT2D eigenvalue weighted by atomic mass is 9.89. The average molecular weight is 820 g/mol. The number of benzene rings is 1. The van der Waals surface area contributed by atoms with E-state index in [0.29, 0.717) is 76.2 Å². The van der Waals surface area contributed by atoms with Crippen LogP contribution in [0, 0.1) is 17.6 Å². The van der Waals surface area contributed by atoms with Crippen molar-refractivity contribution in [3.63, 3.8) is 0 Å². The van der Waals surface area contributed by atoms with Crippen LogP contribution in [0.3, 0.4) is 0 Å². The van der Waals surface area contributed by atoms with Crippen LogP contribution in [0.4, 0.5) is 28.9 Å². The van der Waals surface area contributed by atoms with Crippen molar-refractivity contribution in [3.05, 3.63) is 77.2 Å². The molecule has 0 bridgehead atoms.